The molecule has 0 aromatic heterocycles. The van der Waals surface area contributed by atoms with Crippen LogP contribution in [0.1, 0.15) is 52.6 Å². The van der Waals surface area contributed by atoms with Crippen molar-refractivity contribution in [1.82, 2.24) is 5.32 Å². The van der Waals surface area contributed by atoms with Crippen LogP contribution in [0.4, 0.5) is 5.69 Å². The van der Waals surface area contributed by atoms with Crippen molar-refractivity contribution >= 4 is 11.6 Å². The Bertz CT molecular complexity index is 435. The van der Waals surface area contributed by atoms with Gasteiger partial charge < -0.3 is 11.1 Å². The molecule has 0 bridgehead atoms. The van der Waals surface area contributed by atoms with Crippen LogP contribution in [0.5, 0.6) is 0 Å². The van der Waals surface area contributed by atoms with Crippen LogP contribution in [0.25, 0.3) is 0 Å². The fourth-order valence-corrected chi connectivity index (χ4v) is 1.87. The molecule has 1 rings (SSSR count). The summed E-state index contributed by atoms with van der Waals surface area (Å²) < 4.78 is 0. The van der Waals surface area contributed by atoms with Crippen LogP contribution in [-0.2, 0) is 4.79 Å². The van der Waals surface area contributed by atoms with E-state index in [0.29, 0.717) is 12.3 Å². The average molecular weight is 262 g/mol. The van der Waals surface area contributed by atoms with Crippen molar-refractivity contribution in [2.75, 3.05) is 5.73 Å². The smallest absolute Gasteiger partial charge is 0.220 e. The lowest BCUT2D eigenvalue weighted by Gasteiger charge is -2.27. The van der Waals surface area contributed by atoms with Crippen molar-refractivity contribution in [2.45, 2.75) is 47.1 Å². The molecule has 0 radical (unpaired) electrons. The van der Waals surface area contributed by atoms with E-state index < -0.39 is 0 Å². The zero-order valence-electron chi connectivity index (χ0n) is 12.7. The molecule has 0 aliphatic rings. The predicted octanol–water partition coefficient (Wildman–Crippen LogP) is 3.52. The third kappa shape index (κ3) is 4.58. The molecule has 3 heteroatoms. The van der Waals surface area contributed by atoms with E-state index in [2.05, 4.69) is 33.0 Å². The Morgan fingerprint density at radius 1 is 1.26 bits per heavy atom. The van der Waals surface area contributed by atoms with E-state index in [1.54, 1.807) is 0 Å². The lowest BCUT2D eigenvalue weighted by atomic mass is 9.80. The van der Waals surface area contributed by atoms with Gasteiger partial charge in [0.05, 0.1) is 6.04 Å². The molecule has 0 aliphatic heterocycles. The number of nitrogens with one attached hydrogen (secondary N) is 1. The number of carbonyl (C=O) groups excluding carboxylic acids is 1. The van der Waals surface area contributed by atoms with E-state index in [1.165, 1.54) is 0 Å². The highest BCUT2D eigenvalue weighted by atomic mass is 16.1. The first-order chi connectivity index (χ1) is 8.71. The van der Waals surface area contributed by atoms with Gasteiger partial charge in [-0.15, -0.1) is 0 Å². The first-order valence-corrected chi connectivity index (χ1v) is 6.85. The number of hydrogen-bond acceptors (Lipinski definition) is 2. The Morgan fingerprint density at radius 2 is 1.84 bits per heavy atom. The van der Waals surface area contributed by atoms with Crippen molar-refractivity contribution in [2.24, 2.45) is 11.3 Å². The molecule has 1 amide bonds. The number of nitrogens with two attached hydrogens (primary N) is 1. The maximum absolute atomic E-state index is 12.0. The Morgan fingerprint density at radius 3 is 2.37 bits per heavy atom. The van der Waals surface area contributed by atoms with Gasteiger partial charge in [-0.25, -0.2) is 0 Å². The van der Waals surface area contributed by atoms with Crippen LogP contribution < -0.4 is 11.1 Å². The Labute approximate surface area is 116 Å². The molecule has 106 valence electrons. The van der Waals surface area contributed by atoms with Crippen LogP contribution >= 0.6 is 0 Å². The summed E-state index contributed by atoms with van der Waals surface area (Å²) >= 11 is 0. The summed E-state index contributed by atoms with van der Waals surface area (Å²) in [4.78, 5) is 12.0. The summed E-state index contributed by atoms with van der Waals surface area (Å²) in [6.07, 6.45) is 0.542. The number of hydrogen-bond donors (Lipinski definition) is 2. The normalized spacial score (nSPS) is 14.8. The fraction of sp³-hybridized carbons (Fsp3) is 0.562. The average Bonchev–Trinajstić information content (AvgIpc) is 2.27. The van der Waals surface area contributed by atoms with Crippen LogP contribution in [0, 0.1) is 11.3 Å². The first kappa shape index (κ1) is 15.5. The van der Waals surface area contributed by atoms with Crippen molar-refractivity contribution in [3.63, 3.8) is 0 Å². The van der Waals surface area contributed by atoms with Gasteiger partial charge in [0.2, 0.25) is 5.91 Å². The standard InChI is InChI=1S/C16H26N2O/c1-11(16(3,4)5)10-15(19)18-12(2)13-8-6-7-9-14(13)17/h6-9,11-12H,10,17H2,1-5H3,(H,18,19). The molecule has 2 unspecified atom stereocenters. The second-order valence-corrected chi connectivity index (χ2v) is 6.39. The highest BCUT2D eigenvalue weighted by Crippen LogP contribution is 2.28. The minimum atomic E-state index is -0.0548. The minimum absolute atomic E-state index is 0.0548. The monoisotopic (exact) mass is 262 g/mol. The fourth-order valence-electron chi connectivity index (χ4n) is 1.87. The number of rotatable bonds is 4. The summed E-state index contributed by atoms with van der Waals surface area (Å²) in [7, 11) is 0. The van der Waals surface area contributed by atoms with E-state index in [-0.39, 0.29) is 17.4 Å². The molecule has 0 heterocycles. The van der Waals surface area contributed by atoms with E-state index in [9.17, 15) is 4.79 Å². The van der Waals surface area contributed by atoms with Crippen LogP contribution in [0.3, 0.4) is 0 Å². The van der Waals surface area contributed by atoms with Gasteiger partial charge in [-0.1, -0.05) is 45.9 Å². The van der Waals surface area contributed by atoms with Gasteiger partial charge in [-0.3, -0.25) is 4.79 Å². The zero-order valence-corrected chi connectivity index (χ0v) is 12.7. The quantitative estimate of drug-likeness (QED) is 0.816. The van der Waals surface area contributed by atoms with E-state index in [0.717, 1.165) is 11.3 Å². The van der Waals surface area contributed by atoms with Gasteiger partial charge in [0.1, 0.15) is 0 Å². The summed E-state index contributed by atoms with van der Waals surface area (Å²) in [6.45, 7) is 10.5. The van der Waals surface area contributed by atoms with Crippen molar-refractivity contribution < 1.29 is 4.79 Å². The molecule has 3 nitrogen and oxygen atoms in total. The highest BCUT2D eigenvalue weighted by molar-refractivity contribution is 5.77. The first-order valence-electron chi connectivity index (χ1n) is 6.85. The largest absolute Gasteiger partial charge is 0.398 e. The summed E-state index contributed by atoms with van der Waals surface area (Å²) in [6, 6.07) is 7.59. The number of amides is 1. The highest BCUT2D eigenvalue weighted by Gasteiger charge is 2.23. The molecule has 0 aliphatic carbocycles. The summed E-state index contributed by atoms with van der Waals surface area (Å²) in [5.41, 5.74) is 7.75. The Balaban J connectivity index is 2.61. The Hall–Kier alpha value is -1.51. The second kappa shape index (κ2) is 6.09. The minimum Gasteiger partial charge on any atom is -0.398 e. The zero-order chi connectivity index (χ0) is 14.6. The molecule has 1 aromatic rings. The van der Waals surface area contributed by atoms with Crippen LogP contribution in [0.15, 0.2) is 24.3 Å². The topological polar surface area (TPSA) is 55.1 Å². The molecule has 19 heavy (non-hydrogen) atoms. The number of para-hydroxylation sites is 1. The molecule has 2 atom stereocenters. The van der Waals surface area contributed by atoms with Gasteiger partial charge in [-0.2, -0.15) is 0 Å². The molecule has 3 N–H and O–H groups in total. The van der Waals surface area contributed by atoms with Gasteiger partial charge in [0.25, 0.3) is 0 Å². The van der Waals surface area contributed by atoms with Crippen molar-refractivity contribution in [3.05, 3.63) is 29.8 Å². The van der Waals surface area contributed by atoms with E-state index in [4.69, 9.17) is 5.73 Å². The number of anilines is 1. The Kier molecular flexibility index (Phi) is 4.98. The van der Waals surface area contributed by atoms with E-state index >= 15 is 0 Å². The van der Waals surface area contributed by atoms with Gasteiger partial charge >= 0.3 is 0 Å². The van der Waals surface area contributed by atoms with Crippen LogP contribution in [0.2, 0.25) is 0 Å². The lowest BCUT2D eigenvalue weighted by molar-refractivity contribution is -0.123. The SMILES string of the molecule is CC(NC(=O)CC(C)C(C)(C)C)c1ccccc1N. The molecular weight excluding hydrogens is 236 g/mol. The van der Waals surface area contributed by atoms with E-state index in [1.807, 2.05) is 31.2 Å². The van der Waals surface area contributed by atoms with Gasteiger partial charge in [0, 0.05) is 12.1 Å². The second-order valence-electron chi connectivity index (χ2n) is 6.39. The van der Waals surface area contributed by atoms with Gasteiger partial charge in [-0.05, 0) is 29.9 Å². The number of benzene rings is 1. The number of carbonyl (C=O) groups is 1. The molecule has 0 saturated carbocycles. The lowest BCUT2D eigenvalue weighted by Crippen LogP contribution is -2.31. The van der Waals surface area contributed by atoms with Crippen molar-refractivity contribution in [3.8, 4) is 0 Å². The molecular formula is C16H26N2O. The molecule has 1 aromatic carbocycles. The maximum atomic E-state index is 12.0. The third-order valence-corrected chi connectivity index (χ3v) is 3.81. The third-order valence-electron chi connectivity index (χ3n) is 3.81. The summed E-state index contributed by atoms with van der Waals surface area (Å²) in [5.74, 6) is 0.422. The molecule has 0 fully saturated rings. The number of nitrogen functional groups attached to an aromatic ring is 1. The predicted molar refractivity (Wildman–Crippen MR) is 80.6 cm³/mol. The molecule has 0 saturated heterocycles. The summed E-state index contributed by atoms with van der Waals surface area (Å²) in [5, 5.41) is 3.02. The maximum Gasteiger partial charge on any atom is 0.220 e. The van der Waals surface area contributed by atoms with Crippen LogP contribution in [-0.4, -0.2) is 5.91 Å². The van der Waals surface area contributed by atoms with Crippen molar-refractivity contribution in [1.29, 1.82) is 0 Å². The molecule has 0 spiro atoms. The van der Waals surface area contributed by atoms with Gasteiger partial charge in [0.15, 0.2) is 0 Å².